The smallest absolute Gasteiger partial charge is 0.121 e. The fourth-order valence-corrected chi connectivity index (χ4v) is 1.39. The van der Waals surface area contributed by atoms with Crippen LogP contribution >= 0.6 is 11.8 Å². The summed E-state index contributed by atoms with van der Waals surface area (Å²) in [4.78, 5) is 0. The van der Waals surface area contributed by atoms with E-state index < -0.39 is 0 Å². The number of rotatable bonds is 6. The summed E-state index contributed by atoms with van der Waals surface area (Å²) in [7, 11) is 0. The third-order valence-corrected chi connectivity index (χ3v) is 3.21. The van der Waals surface area contributed by atoms with Gasteiger partial charge in [-0.15, -0.1) is 0 Å². The van der Waals surface area contributed by atoms with Crippen molar-refractivity contribution in [1.82, 2.24) is 15.6 Å². The van der Waals surface area contributed by atoms with Gasteiger partial charge in [0.2, 0.25) is 0 Å². The average molecular weight is 215 g/mol. The molecule has 0 saturated carbocycles. The molecule has 1 rings (SSSR count). The van der Waals surface area contributed by atoms with Gasteiger partial charge in [0, 0.05) is 11.8 Å². The third kappa shape index (κ3) is 3.67. The van der Waals surface area contributed by atoms with Crippen molar-refractivity contribution in [3.63, 3.8) is 0 Å². The molecule has 1 aromatic rings. The molecule has 1 atom stereocenters. The van der Waals surface area contributed by atoms with Crippen LogP contribution in [-0.4, -0.2) is 28.4 Å². The number of nitrogens with zero attached hydrogens (tertiary/aromatic N) is 2. The van der Waals surface area contributed by atoms with Crippen molar-refractivity contribution in [3.8, 4) is 0 Å². The van der Waals surface area contributed by atoms with Crippen molar-refractivity contribution in [2.24, 2.45) is 0 Å². The summed E-state index contributed by atoms with van der Waals surface area (Å²) in [5.41, 5.74) is 1.78. The van der Waals surface area contributed by atoms with Gasteiger partial charge in [-0.2, -0.15) is 11.8 Å². The van der Waals surface area contributed by atoms with Crippen molar-refractivity contribution >= 4 is 11.8 Å². The molecule has 0 fully saturated rings. The Kier molecular flexibility index (Phi) is 4.97. The predicted molar refractivity (Wildman–Crippen MR) is 58.3 cm³/mol. The van der Waals surface area contributed by atoms with E-state index in [1.807, 2.05) is 18.7 Å². The second kappa shape index (κ2) is 6.03. The Morgan fingerprint density at radius 3 is 2.86 bits per heavy atom. The Morgan fingerprint density at radius 1 is 1.50 bits per heavy atom. The molecule has 0 aliphatic carbocycles. The van der Waals surface area contributed by atoms with Gasteiger partial charge in [0.1, 0.15) is 11.4 Å². The molecule has 0 bridgehead atoms. The Balaban J connectivity index is 2.13. The largest absolute Gasteiger partial charge is 0.311 e. The van der Waals surface area contributed by atoms with Crippen LogP contribution in [0, 0.1) is 6.92 Å². The van der Waals surface area contributed by atoms with Gasteiger partial charge in [-0.05, 0) is 26.1 Å². The standard InChI is InChI=1S/C9H17N3OS/c1-7(14-3)4-5-10-6-9-8(2)11-13-12-9/h7,10H,4-6H2,1-3H3. The van der Waals surface area contributed by atoms with E-state index >= 15 is 0 Å². The maximum absolute atomic E-state index is 4.60. The predicted octanol–water partition coefficient (Wildman–Crippen LogP) is 1.61. The van der Waals surface area contributed by atoms with Crippen molar-refractivity contribution in [2.45, 2.75) is 32.1 Å². The molecule has 5 heteroatoms. The van der Waals surface area contributed by atoms with E-state index in [1.54, 1.807) is 0 Å². The first-order chi connectivity index (χ1) is 6.74. The van der Waals surface area contributed by atoms with Crippen LogP contribution in [0.4, 0.5) is 0 Å². The van der Waals surface area contributed by atoms with Crippen molar-refractivity contribution in [1.29, 1.82) is 0 Å². The van der Waals surface area contributed by atoms with Crippen LogP contribution in [0.25, 0.3) is 0 Å². The van der Waals surface area contributed by atoms with Gasteiger partial charge in [-0.3, -0.25) is 0 Å². The summed E-state index contributed by atoms with van der Waals surface area (Å²) in [5.74, 6) is 0. The first-order valence-corrected chi connectivity index (χ1v) is 6.04. The van der Waals surface area contributed by atoms with E-state index in [0.29, 0.717) is 5.25 Å². The van der Waals surface area contributed by atoms with Crippen LogP contribution in [0.5, 0.6) is 0 Å². The van der Waals surface area contributed by atoms with E-state index in [4.69, 9.17) is 0 Å². The summed E-state index contributed by atoms with van der Waals surface area (Å²) >= 11 is 1.89. The molecule has 4 nitrogen and oxygen atoms in total. The number of hydrogen-bond donors (Lipinski definition) is 1. The van der Waals surface area contributed by atoms with Crippen LogP contribution in [-0.2, 0) is 6.54 Å². The van der Waals surface area contributed by atoms with Gasteiger partial charge >= 0.3 is 0 Å². The van der Waals surface area contributed by atoms with Crippen molar-refractivity contribution < 1.29 is 4.63 Å². The molecule has 0 amide bonds. The lowest BCUT2D eigenvalue weighted by Gasteiger charge is -2.07. The molecule has 14 heavy (non-hydrogen) atoms. The van der Waals surface area contributed by atoms with Crippen molar-refractivity contribution in [3.05, 3.63) is 11.4 Å². The number of thioether (sulfide) groups is 1. The summed E-state index contributed by atoms with van der Waals surface area (Å²) in [6.07, 6.45) is 3.31. The van der Waals surface area contributed by atoms with Crippen LogP contribution < -0.4 is 5.32 Å². The highest BCUT2D eigenvalue weighted by Crippen LogP contribution is 2.08. The van der Waals surface area contributed by atoms with Gasteiger partial charge in [0.05, 0.1) is 0 Å². The minimum absolute atomic E-state index is 0.707. The molecule has 0 saturated heterocycles. The van der Waals surface area contributed by atoms with E-state index in [1.165, 1.54) is 6.42 Å². The van der Waals surface area contributed by atoms with Gasteiger partial charge in [-0.1, -0.05) is 17.2 Å². The molecular formula is C9H17N3OS. The van der Waals surface area contributed by atoms with E-state index in [-0.39, 0.29) is 0 Å². The molecule has 0 aliphatic rings. The van der Waals surface area contributed by atoms with Crippen LogP contribution in [0.2, 0.25) is 0 Å². The molecule has 0 aliphatic heterocycles. The molecule has 0 aromatic carbocycles. The second-order valence-corrected chi connectivity index (χ2v) is 4.58. The van der Waals surface area contributed by atoms with Gasteiger partial charge in [0.25, 0.3) is 0 Å². The zero-order chi connectivity index (χ0) is 10.4. The average Bonchev–Trinajstić information content (AvgIpc) is 2.58. The second-order valence-electron chi connectivity index (χ2n) is 3.31. The van der Waals surface area contributed by atoms with Crippen LogP contribution in [0.15, 0.2) is 4.63 Å². The normalized spacial score (nSPS) is 13.1. The minimum atomic E-state index is 0.707. The number of hydrogen-bond acceptors (Lipinski definition) is 5. The Morgan fingerprint density at radius 2 is 2.29 bits per heavy atom. The number of aryl methyl sites for hydroxylation is 1. The molecule has 0 radical (unpaired) electrons. The Labute approximate surface area is 88.8 Å². The van der Waals surface area contributed by atoms with E-state index in [0.717, 1.165) is 24.5 Å². The molecule has 80 valence electrons. The van der Waals surface area contributed by atoms with Gasteiger partial charge < -0.3 is 5.32 Å². The monoisotopic (exact) mass is 215 g/mol. The molecule has 1 aromatic heterocycles. The number of nitrogens with one attached hydrogen (secondary N) is 1. The van der Waals surface area contributed by atoms with Gasteiger partial charge in [-0.25, -0.2) is 4.63 Å². The summed E-state index contributed by atoms with van der Waals surface area (Å²) in [6.45, 7) is 5.89. The first kappa shape index (κ1) is 11.5. The highest BCUT2D eigenvalue weighted by Gasteiger charge is 2.04. The van der Waals surface area contributed by atoms with Crippen LogP contribution in [0.1, 0.15) is 24.7 Å². The van der Waals surface area contributed by atoms with Crippen LogP contribution in [0.3, 0.4) is 0 Å². The lowest BCUT2D eigenvalue weighted by molar-refractivity contribution is 0.300. The molecule has 1 unspecified atom stereocenters. The SMILES string of the molecule is CSC(C)CCNCc1nonc1C. The third-order valence-electron chi connectivity index (χ3n) is 2.17. The van der Waals surface area contributed by atoms with Gasteiger partial charge in [0.15, 0.2) is 0 Å². The molecule has 1 N–H and O–H groups in total. The molecular weight excluding hydrogens is 198 g/mol. The minimum Gasteiger partial charge on any atom is -0.311 e. The van der Waals surface area contributed by atoms with Crippen molar-refractivity contribution in [2.75, 3.05) is 12.8 Å². The maximum atomic E-state index is 4.60. The van der Waals surface area contributed by atoms with E-state index in [9.17, 15) is 0 Å². The molecule has 0 spiro atoms. The Hall–Kier alpha value is -0.550. The summed E-state index contributed by atoms with van der Waals surface area (Å²) < 4.78 is 4.60. The number of aromatic nitrogens is 2. The Bertz CT molecular complexity index is 264. The fraction of sp³-hybridized carbons (Fsp3) is 0.778. The first-order valence-electron chi connectivity index (χ1n) is 4.75. The maximum Gasteiger partial charge on any atom is 0.121 e. The quantitative estimate of drug-likeness (QED) is 0.731. The highest BCUT2D eigenvalue weighted by molar-refractivity contribution is 7.99. The fourth-order valence-electron chi connectivity index (χ4n) is 1.04. The molecule has 1 heterocycles. The summed E-state index contributed by atoms with van der Waals surface area (Å²) in [5, 5.41) is 11.5. The zero-order valence-corrected chi connectivity index (χ0v) is 9.73. The lowest BCUT2D eigenvalue weighted by Crippen LogP contribution is -2.18. The highest BCUT2D eigenvalue weighted by atomic mass is 32.2. The summed E-state index contributed by atoms with van der Waals surface area (Å²) in [6, 6.07) is 0. The lowest BCUT2D eigenvalue weighted by atomic mass is 10.3. The topological polar surface area (TPSA) is 51.0 Å². The van der Waals surface area contributed by atoms with E-state index in [2.05, 4.69) is 33.4 Å². The zero-order valence-electron chi connectivity index (χ0n) is 8.91.